The molecule has 1 aliphatic heterocycles. The van der Waals surface area contributed by atoms with Gasteiger partial charge in [0, 0.05) is 18.4 Å². The molecule has 0 fully saturated rings. The molecule has 1 aliphatic rings. The average Bonchev–Trinajstić information content (AvgIpc) is 3.34. The molecular weight excluding hydrogens is 452 g/mol. The van der Waals surface area contributed by atoms with Crippen molar-refractivity contribution < 1.29 is 28.6 Å². The van der Waals surface area contributed by atoms with Crippen LogP contribution in [0.1, 0.15) is 31.3 Å². The Kier molecular flexibility index (Phi) is 7.21. The standard InChI is InChI=1S/C25H28N4O6/c1-5-34-18-9-6-16(7-10-18)23-27-24(35-28-23)21-15(2)29(12-13-32-3)25(31)26-22(21)17-8-11-20(33-4)19(30)14-17/h6-11,14,22,30H,5,12-13H2,1-4H3,(H,26,31). The lowest BCUT2D eigenvalue weighted by Crippen LogP contribution is -2.47. The molecule has 0 spiro atoms. The number of carbonyl (C=O) groups is 1. The first-order valence-electron chi connectivity index (χ1n) is 11.2. The smallest absolute Gasteiger partial charge is 0.322 e. The predicted octanol–water partition coefficient (Wildman–Crippen LogP) is 3.99. The quantitative estimate of drug-likeness (QED) is 0.472. The molecule has 0 saturated carbocycles. The molecule has 2 aromatic carbocycles. The molecule has 3 aromatic rings. The number of carbonyl (C=O) groups excluding carboxylic acids is 1. The van der Waals surface area contributed by atoms with Crippen molar-refractivity contribution in [1.29, 1.82) is 0 Å². The molecule has 2 amide bonds. The van der Waals surface area contributed by atoms with Gasteiger partial charge in [0.05, 0.1) is 38.5 Å². The van der Waals surface area contributed by atoms with Gasteiger partial charge in [-0.15, -0.1) is 0 Å². The summed E-state index contributed by atoms with van der Waals surface area (Å²) in [6.45, 7) is 5.02. The molecule has 35 heavy (non-hydrogen) atoms. The zero-order valence-electron chi connectivity index (χ0n) is 20.1. The third-order valence-electron chi connectivity index (χ3n) is 5.73. The first kappa shape index (κ1) is 24.1. The van der Waals surface area contributed by atoms with Gasteiger partial charge in [0.2, 0.25) is 5.82 Å². The molecular formula is C25H28N4O6. The minimum atomic E-state index is -0.633. The van der Waals surface area contributed by atoms with Crippen LogP contribution < -0.4 is 14.8 Å². The average molecular weight is 481 g/mol. The number of hydrogen-bond donors (Lipinski definition) is 2. The Balaban J connectivity index is 1.76. The van der Waals surface area contributed by atoms with E-state index < -0.39 is 6.04 Å². The minimum Gasteiger partial charge on any atom is -0.504 e. The summed E-state index contributed by atoms with van der Waals surface area (Å²) in [5.41, 5.74) is 2.66. The fraction of sp³-hybridized carbons (Fsp3) is 0.320. The molecule has 0 saturated heterocycles. The monoisotopic (exact) mass is 480 g/mol. The first-order chi connectivity index (χ1) is 17.0. The zero-order chi connectivity index (χ0) is 24.9. The van der Waals surface area contributed by atoms with E-state index in [1.807, 2.05) is 38.1 Å². The predicted molar refractivity (Wildman–Crippen MR) is 128 cm³/mol. The van der Waals surface area contributed by atoms with E-state index >= 15 is 0 Å². The molecule has 2 heterocycles. The number of phenolic OH excluding ortho intramolecular Hbond substituents is 1. The van der Waals surface area contributed by atoms with Crippen LogP contribution in [0.5, 0.6) is 17.2 Å². The van der Waals surface area contributed by atoms with Crippen molar-refractivity contribution in [3.63, 3.8) is 0 Å². The number of aromatic hydroxyl groups is 1. The highest BCUT2D eigenvalue weighted by Gasteiger charge is 2.36. The van der Waals surface area contributed by atoms with E-state index in [0.29, 0.717) is 48.2 Å². The molecule has 4 rings (SSSR count). The number of hydrogen-bond acceptors (Lipinski definition) is 8. The first-order valence-corrected chi connectivity index (χ1v) is 11.2. The van der Waals surface area contributed by atoms with Crippen LogP contribution >= 0.6 is 0 Å². The van der Waals surface area contributed by atoms with Crippen molar-refractivity contribution in [2.75, 3.05) is 34.0 Å². The molecule has 10 nitrogen and oxygen atoms in total. The normalized spacial score (nSPS) is 15.8. The molecule has 0 aliphatic carbocycles. The Hall–Kier alpha value is -4.05. The Morgan fingerprint density at radius 1 is 1.17 bits per heavy atom. The second-order valence-corrected chi connectivity index (χ2v) is 7.84. The van der Waals surface area contributed by atoms with Gasteiger partial charge in [-0.1, -0.05) is 11.2 Å². The van der Waals surface area contributed by atoms with Crippen LogP contribution in [0.15, 0.2) is 52.7 Å². The minimum absolute atomic E-state index is 0.0429. The Morgan fingerprint density at radius 3 is 2.60 bits per heavy atom. The van der Waals surface area contributed by atoms with Gasteiger partial charge in [-0.2, -0.15) is 4.98 Å². The van der Waals surface area contributed by atoms with Crippen molar-refractivity contribution in [1.82, 2.24) is 20.4 Å². The highest BCUT2D eigenvalue weighted by Crippen LogP contribution is 2.39. The van der Waals surface area contributed by atoms with Gasteiger partial charge >= 0.3 is 6.03 Å². The number of nitrogens with zero attached hydrogens (tertiary/aromatic N) is 3. The van der Waals surface area contributed by atoms with Gasteiger partial charge in [0.25, 0.3) is 5.89 Å². The van der Waals surface area contributed by atoms with Crippen LogP contribution in [0.3, 0.4) is 0 Å². The Morgan fingerprint density at radius 2 is 1.94 bits per heavy atom. The van der Waals surface area contributed by atoms with E-state index in [-0.39, 0.29) is 17.7 Å². The number of rotatable bonds is 9. The maximum Gasteiger partial charge on any atom is 0.322 e. The van der Waals surface area contributed by atoms with E-state index in [4.69, 9.17) is 18.7 Å². The largest absolute Gasteiger partial charge is 0.504 e. The second-order valence-electron chi connectivity index (χ2n) is 7.84. The second kappa shape index (κ2) is 10.5. The van der Waals surface area contributed by atoms with Gasteiger partial charge in [0.15, 0.2) is 11.5 Å². The Labute approximate surface area is 203 Å². The SMILES string of the molecule is CCOc1ccc(-c2noc(C3=C(C)N(CCOC)C(=O)NC3c3ccc(OC)c(O)c3)n2)cc1. The molecule has 0 radical (unpaired) electrons. The highest BCUT2D eigenvalue weighted by molar-refractivity contribution is 5.87. The van der Waals surface area contributed by atoms with E-state index in [9.17, 15) is 9.90 Å². The molecule has 10 heteroatoms. The summed E-state index contributed by atoms with van der Waals surface area (Å²) in [5.74, 6) is 1.70. The van der Waals surface area contributed by atoms with Crippen LogP contribution in [-0.2, 0) is 4.74 Å². The van der Waals surface area contributed by atoms with Crippen molar-refractivity contribution in [3.8, 4) is 28.6 Å². The number of urea groups is 1. The fourth-order valence-corrected chi connectivity index (χ4v) is 3.96. The number of aromatic nitrogens is 2. The number of amides is 2. The number of ether oxygens (including phenoxy) is 3. The van der Waals surface area contributed by atoms with Gasteiger partial charge < -0.3 is 29.2 Å². The molecule has 184 valence electrons. The van der Waals surface area contributed by atoms with Crippen LogP contribution in [0.2, 0.25) is 0 Å². The van der Waals surface area contributed by atoms with Crippen molar-refractivity contribution in [3.05, 3.63) is 59.6 Å². The van der Waals surface area contributed by atoms with Gasteiger partial charge in [-0.05, 0) is 55.8 Å². The summed E-state index contributed by atoms with van der Waals surface area (Å²) in [7, 11) is 3.05. The zero-order valence-corrected chi connectivity index (χ0v) is 20.1. The molecule has 0 bridgehead atoms. The summed E-state index contributed by atoms with van der Waals surface area (Å²) in [6.07, 6.45) is 0. The van der Waals surface area contributed by atoms with Crippen LogP contribution in [-0.4, -0.2) is 60.2 Å². The summed E-state index contributed by atoms with van der Waals surface area (Å²) in [6, 6.07) is 11.4. The third-order valence-corrected chi connectivity index (χ3v) is 5.73. The van der Waals surface area contributed by atoms with Gasteiger partial charge in [0.1, 0.15) is 5.75 Å². The van der Waals surface area contributed by atoms with E-state index in [2.05, 4.69) is 15.5 Å². The maximum atomic E-state index is 13.0. The van der Waals surface area contributed by atoms with Crippen LogP contribution in [0, 0.1) is 0 Å². The van der Waals surface area contributed by atoms with E-state index in [0.717, 1.165) is 11.3 Å². The van der Waals surface area contributed by atoms with Crippen LogP contribution in [0.25, 0.3) is 17.0 Å². The van der Waals surface area contributed by atoms with Crippen molar-refractivity contribution in [2.45, 2.75) is 19.9 Å². The summed E-state index contributed by atoms with van der Waals surface area (Å²) in [4.78, 5) is 19.1. The topological polar surface area (TPSA) is 119 Å². The van der Waals surface area contributed by atoms with Crippen molar-refractivity contribution in [2.24, 2.45) is 0 Å². The molecule has 2 N–H and O–H groups in total. The lowest BCUT2D eigenvalue weighted by molar-refractivity contribution is 0.158. The third kappa shape index (κ3) is 4.92. The summed E-state index contributed by atoms with van der Waals surface area (Å²) < 4.78 is 21.5. The molecule has 1 unspecified atom stereocenters. The van der Waals surface area contributed by atoms with Gasteiger partial charge in [-0.25, -0.2) is 4.79 Å². The lowest BCUT2D eigenvalue weighted by Gasteiger charge is -2.35. The van der Waals surface area contributed by atoms with Crippen molar-refractivity contribution >= 4 is 11.6 Å². The molecule has 1 aromatic heterocycles. The molecule has 1 atom stereocenters. The number of nitrogens with one attached hydrogen (secondary N) is 1. The lowest BCUT2D eigenvalue weighted by atomic mass is 9.94. The number of methoxy groups -OCH3 is 2. The summed E-state index contributed by atoms with van der Waals surface area (Å²) >= 11 is 0. The Bertz CT molecular complexity index is 1220. The fourth-order valence-electron chi connectivity index (χ4n) is 3.96. The number of allylic oxidation sites excluding steroid dienone is 1. The van der Waals surface area contributed by atoms with E-state index in [1.54, 1.807) is 30.2 Å². The number of phenols is 1. The number of benzene rings is 2. The maximum absolute atomic E-state index is 13.0. The van der Waals surface area contributed by atoms with Gasteiger partial charge in [-0.3, -0.25) is 4.90 Å². The van der Waals surface area contributed by atoms with E-state index in [1.165, 1.54) is 7.11 Å². The van der Waals surface area contributed by atoms with Crippen LogP contribution in [0.4, 0.5) is 4.79 Å². The summed E-state index contributed by atoms with van der Waals surface area (Å²) in [5, 5.41) is 17.5. The highest BCUT2D eigenvalue weighted by atomic mass is 16.5.